The summed E-state index contributed by atoms with van der Waals surface area (Å²) in [4.78, 5) is 17.7. The molecule has 1 fully saturated rings. The monoisotopic (exact) mass is 419 g/mol. The molecule has 2 aliphatic rings. The van der Waals surface area contributed by atoms with Gasteiger partial charge in [-0.05, 0) is 30.7 Å². The average Bonchev–Trinajstić information content (AvgIpc) is 3.15. The Morgan fingerprint density at radius 3 is 2.76 bits per heavy atom. The molecule has 2 aromatic rings. The molecule has 29 heavy (non-hydrogen) atoms. The molecule has 1 aromatic heterocycles. The van der Waals surface area contributed by atoms with Crippen LogP contribution >= 0.6 is 0 Å². The number of H-pyrrole nitrogens is 1. The summed E-state index contributed by atoms with van der Waals surface area (Å²) in [6.45, 7) is 1.48. The Balaban J connectivity index is 1.66. The molecule has 0 aliphatic carbocycles. The Hall–Kier alpha value is -2.36. The number of amides is 1. The number of carbonyl (C=O) groups is 1. The van der Waals surface area contributed by atoms with Crippen LogP contribution in [0.1, 0.15) is 23.3 Å². The predicted molar refractivity (Wildman–Crippen MR) is 106 cm³/mol. The number of ether oxygens (including phenoxy) is 2. The molecule has 1 aromatic carbocycles. The Morgan fingerprint density at radius 1 is 1.21 bits per heavy atom. The number of benzene rings is 1. The third-order valence-corrected chi connectivity index (χ3v) is 7.49. The summed E-state index contributed by atoms with van der Waals surface area (Å²) in [5.74, 6) is 0.282. The number of nitrogens with zero attached hydrogens (tertiary/aromatic N) is 2. The number of para-hydroxylation sites is 1. The summed E-state index contributed by atoms with van der Waals surface area (Å²) in [6, 6.07) is 9.90. The molecule has 4 rings (SSSR count). The molecule has 1 saturated heterocycles. The molecule has 156 valence electrons. The Morgan fingerprint density at radius 2 is 2.00 bits per heavy atom. The third-order valence-electron chi connectivity index (χ3n) is 5.52. The Labute approximate surface area is 170 Å². The van der Waals surface area contributed by atoms with Crippen molar-refractivity contribution >= 4 is 15.9 Å². The van der Waals surface area contributed by atoms with E-state index in [9.17, 15) is 13.2 Å². The van der Waals surface area contributed by atoms with E-state index >= 15 is 0 Å². The van der Waals surface area contributed by atoms with E-state index in [-0.39, 0.29) is 36.1 Å². The van der Waals surface area contributed by atoms with Gasteiger partial charge in [0.1, 0.15) is 22.4 Å². The number of fused-ring (bicyclic) bond motifs is 2. The van der Waals surface area contributed by atoms with E-state index in [1.54, 1.807) is 54.6 Å². The third kappa shape index (κ3) is 3.77. The molecule has 3 heterocycles. The van der Waals surface area contributed by atoms with Gasteiger partial charge in [-0.2, -0.15) is 4.31 Å². The smallest absolute Gasteiger partial charge is 0.270 e. The van der Waals surface area contributed by atoms with Crippen molar-refractivity contribution in [1.29, 1.82) is 0 Å². The first-order valence-corrected chi connectivity index (χ1v) is 11.2. The van der Waals surface area contributed by atoms with Crippen molar-refractivity contribution in [2.45, 2.75) is 29.9 Å². The van der Waals surface area contributed by atoms with Crippen molar-refractivity contribution in [3.05, 3.63) is 48.3 Å². The fourth-order valence-electron chi connectivity index (χ4n) is 4.06. The fraction of sp³-hybridized carbons (Fsp3) is 0.450. The number of nitrogens with one attached hydrogen (secondary N) is 1. The highest BCUT2D eigenvalue weighted by molar-refractivity contribution is 7.89. The van der Waals surface area contributed by atoms with Gasteiger partial charge in [-0.3, -0.25) is 4.79 Å². The molecule has 2 aliphatic heterocycles. The van der Waals surface area contributed by atoms with Crippen LogP contribution in [0.4, 0.5) is 0 Å². The van der Waals surface area contributed by atoms with E-state index < -0.39 is 10.0 Å². The maximum absolute atomic E-state index is 13.4. The highest BCUT2D eigenvalue weighted by atomic mass is 32.2. The maximum atomic E-state index is 13.4. The number of aromatic nitrogens is 1. The van der Waals surface area contributed by atoms with Crippen molar-refractivity contribution in [2.24, 2.45) is 0 Å². The number of hydrogen-bond acceptors (Lipinski definition) is 5. The minimum Gasteiger partial charge on any atom is -0.487 e. The average molecular weight is 420 g/mol. The van der Waals surface area contributed by atoms with E-state index in [1.165, 1.54) is 4.31 Å². The van der Waals surface area contributed by atoms with Crippen LogP contribution in [0.2, 0.25) is 0 Å². The quantitative estimate of drug-likeness (QED) is 0.815. The maximum Gasteiger partial charge on any atom is 0.270 e. The van der Waals surface area contributed by atoms with Crippen LogP contribution in [0.15, 0.2) is 47.5 Å². The van der Waals surface area contributed by atoms with Gasteiger partial charge in [0, 0.05) is 39.4 Å². The standard InChI is InChI=1S/C20H25N3O5S/c1-27-14-13-23-16-8-11-22(20(24)15-5-4-10-21-15)12-9-17(16)28-18-6-2-3-7-19(18)29(23,25)26/h2-7,10,16-17,21H,8-9,11-14H2,1H3/t16-,17-/m1/s1. The SMILES string of the molecule is COCCN1[C@@H]2CCN(C(=O)c3ccc[nH]3)CC[C@H]2Oc2ccccc2S1(=O)=O. The predicted octanol–water partition coefficient (Wildman–Crippen LogP) is 1.72. The number of aromatic amines is 1. The summed E-state index contributed by atoms with van der Waals surface area (Å²) in [5, 5.41) is 0. The first-order valence-electron chi connectivity index (χ1n) is 9.71. The highest BCUT2D eigenvalue weighted by Crippen LogP contribution is 2.36. The van der Waals surface area contributed by atoms with E-state index in [2.05, 4.69) is 4.98 Å². The lowest BCUT2D eigenvalue weighted by molar-refractivity contribution is 0.0750. The van der Waals surface area contributed by atoms with Crippen LogP contribution in [-0.2, 0) is 14.8 Å². The van der Waals surface area contributed by atoms with E-state index in [0.29, 0.717) is 37.4 Å². The number of sulfonamides is 1. The Kier molecular flexibility index (Phi) is 5.62. The lowest BCUT2D eigenvalue weighted by Crippen LogP contribution is -2.48. The largest absolute Gasteiger partial charge is 0.487 e. The van der Waals surface area contributed by atoms with Crippen molar-refractivity contribution in [3.8, 4) is 5.75 Å². The topological polar surface area (TPSA) is 91.9 Å². The van der Waals surface area contributed by atoms with Crippen LogP contribution in [0.25, 0.3) is 0 Å². The minimum atomic E-state index is -3.74. The molecular formula is C20H25N3O5S. The van der Waals surface area contributed by atoms with Crippen molar-refractivity contribution in [1.82, 2.24) is 14.2 Å². The van der Waals surface area contributed by atoms with Gasteiger partial charge < -0.3 is 19.4 Å². The van der Waals surface area contributed by atoms with Gasteiger partial charge in [0.15, 0.2) is 0 Å². The second kappa shape index (κ2) is 8.17. The van der Waals surface area contributed by atoms with Crippen LogP contribution in [0, 0.1) is 0 Å². The van der Waals surface area contributed by atoms with E-state index in [4.69, 9.17) is 9.47 Å². The van der Waals surface area contributed by atoms with Gasteiger partial charge in [-0.15, -0.1) is 0 Å². The molecule has 0 radical (unpaired) electrons. The first-order chi connectivity index (χ1) is 14.0. The first kappa shape index (κ1) is 19.9. The lowest BCUT2D eigenvalue weighted by Gasteiger charge is -2.31. The van der Waals surface area contributed by atoms with Gasteiger partial charge >= 0.3 is 0 Å². The fourth-order valence-corrected chi connectivity index (χ4v) is 5.85. The zero-order valence-corrected chi connectivity index (χ0v) is 17.1. The van der Waals surface area contributed by atoms with Crippen molar-refractivity contribution < 1.29 is 22.7 Å². The molecule has 9 heteroatoms. The summed E-state index contributed by atoms with van der Waals surface area (Å²) < 4.78 is 39.7. The summed E-state index contributed by atoms with van der Waals surface area (Å²) in [7, 11) is -2.19. The molecule has 0 bridgehead atoms. The molecule has 1 N–H and O–H groups in total. The summed E-state index contributed by atoms with van der Waals surface area (Å²) in [5.41, 5.74) is 0.530. The second-order valence-corrected chi connectivity index (χ2v) is 9.09. The molecule has 0 unspecified atom stereocenters. The number of rotatable bonds is 4. The number of methoxy groups -OCH3 is 1. The van der Waals surface area contributed by atoms with E-state index in [1.807, 2.05) is 0 Å². The Bertz CT molecular complexity index is 960. The number of likely N-dealkylation sites (tertiary alicyclic amines) is 1. The molecule has 0 spiro atoms. The highest BCUT2D eigenvalue weighted by Gasteiger charge is 2.43. The van der Waals surface area contributed by atoms with Crippen LogP contribution in [0.3, 0.4) is 0 Å². The van der Waals surface area contributed by atoms with E-state index in [0.717, 1.165) is 0 Å². The lowest BCUT2D eigenvalue weighted by atomic mass is 10.1. The van der Waals surface area contributed by atoms with Crippen molar-refractivity contribution in [3.63, 3.8) is 0 Å². The van der Waals surface area contributed by atoms with Crippen LogP contribution < -0.4 is 4.74 Å². The second-order valence-electron chi connectivity index (χ2n) is 7.23. The minimum absolute atomic E-state index is 0.0850. The number of carbonyl (C=O) groups excluding carboxylic acids is 1. The summed E-state index contributed by atoms with van der Waals surface area (Å²) >= 11 is 0. The molecular weight excluding hydrogens is 394 g/mol. The zero-order valence-electron chi connectivity index (χ0n) is 16.3. The van der Waals surface area contributed by atoms with Gasteiger partial charge in [-0.1, -0.05) is 12.1 Å². The molecule has 2 atom stereocenters. The molecule has 1 amide bonds. The molecule has 8 nitrogen and oxygen atoms in total. The van der Waals surface area contributed by atoms with Gasteiger partial charge in [0.2, 0.25) is 10.0 Å². The van der Waals surface area contributed by atoms with Crippen LogP contribution in [-0.4, -0.2) is 74.0 Å². The number of hydrogen-bond donors (Lipinski definition) is 1. The zero-order chi connectivity index (χ0) is 20.4. The van der Waals surface area contributed by atoms with Crippen LogP contribution in [0.5, 0.6) is 5.75 Å². The molecule has 0 saturated carbocycles. The van der Waals surface area contributed by atoms with Crippen molar-refractivity contribution in [2.75, 3.05) is 33.4 Å². The summed E-state index contributed by atoms with van der Waals surface area (Å²) in [6.07, 6.45) is 2.42. The van der Waals surface area contributed by atoms with Gasteiger partial charge in [-0.25, -0.2) is 8.42 Å². The normalized spacial score (nSPS) is 24.0. The van der Waals surface area contributed by atoms with Gasteiger partial charge in [0.25, 0.3) is 5.91 Å². The van der Waals surface area contributed by atoms with Gasteiger partial charge in [0.05, 0.1) is 12.6 Å².